The third-order valence-corrected chi connectivity index (χ3v) is 6.23. The minimum atomic E-state index is -4.37. The van der Waals surface area contributed by atoms with E-state index in [4.69, 9.17) is 14.2 Å². The van der Waals surface area contributed by atoms with Gasteiger partial charge < -0.3 is 19.1 Å². The van der Waals surface area contributed by atoms with Crippen molar-refractivity contribution < 1.29 is 32.2 Å². The molecule has 0 atom stereocenters. The highest BCUT2D eigenvalue weighted by Gasteiger charge is 2.42. The summed E-state index contributed by atoms with van der Waals surface area (Å²) in [6, 6.07) is 12.3. The molecule has 2 aromatic rings. The van der Waals surface area contributed by atoms with Crippen molar-refractivity contribution in [3.63, 3.8) is 0 Å². The summed E-state index contributed by atoms with van der Waals surface area (Å²) in [4.78, 5) is 14.8. The molecule has 2 aliphatic heterocycles. The molecule has 34 heavy (non-hydrogen) atoms. The van der Waals surface area contributed by atoms with E-state index in [0.29, 0.717) is 63.0 Å². The SMILES string of the molecule is CC(C)COC1(c2ccc(C(=O)N3CCC(Oc4ccc(C(F)(F)F)cc4)CC3)cc2)COC1. The van der Waals surface area contributed by atoms with E-state index in [9.17, 15) is 18.0 Å². The van der Waals surface area contributed by atoms with Crippen molar-refractivity contribution >= 4 is 5.91 Å². The first-order valence-corrected chi connectivity index (χ1v) is 11.6. The zero-order chi connectivity index (χ0) is 24.3. The Labute approximate surface area is 197 Å². The van der Waals surface area contributed by atoms with Gasteiger partial charge in [0.1, 0.15) is 17.5 Å². The molecular weight excluding hydrogens is 447 g/mol. The lowest BCUT2D eigenvalue weighted by atomic mass is 9.90. The molecule has 2 aliphatic rings. The van der Waals surface area contributed by atoms with Crippen LogP contribution in [0.3, 0.4) is 0 Å². The van der Waals surface area contributed by atoms with Gasteiger partial charge in [0, 0.05) is 31.5 Å². The Morgan fingerprint density at radius 3 is 2.18 bits per heavy atom. The van der Waals surface area contributed by atoms with Crippen LogP contribution in [-0.4, -0.2) is 49.8 Å². The average Bonchev–Trinajstić information content (AvgIpc) is 2.78. The Morgan fingerprint density at radius 2 is 1.68 bits per heavy atom. The van der Waals surface area contributed by atoms with Crippen LogP contribution in [0.4, 0.5) is 13.2 Å². The molecule has 0 bridgehead atoms. The first-order valence-electron chi connectivity index (χ1n) is 11.6. The number of alkyl halides is 3. The molecule has 2 heterocycles. The minimum Gasteiger partial charge on any atom is -0.490 e. The molecule has 0 aromatic heterocycles. The van der Waals surface area contributed by atoms with E-state index in [1.807, 2.05) is 24.3 Å². The van der Waals surface area contributed by atoms with Gasteiger partial charge >= 0.3 is 6.18 Å². The molecule has 0 N–H and O–H groups in total. The molecule has 0 aliphatic carbocycles. The van der Waals surface area contributed by atoms with Crippen molar-refractivity contribution in [2.45, 2.75) is 44.6 Å². The quantitative estimate of drug-likeness (QED) is 0.544. The molecule has 5 nitrogen and oxygen atoms in total. The third kappa shape index (κ3) is 5.55. The molecule has 0 radical (unpaired) electrons. The molecule has 2 aromatic carbocycles. The van der Waals surface area contributed by atoms with E-state index in [0.717, 1.165) is 17.7 Å². The van der Waals surface area contributed by atoms with E-state index < -0.39 is 17.3 Å². The van der Waals surface area contributed by atoms with Crippen molar-refractivity contribution in [2.24, 2.45) is 5.92 Å². The second-order valence-corrected chi connectivity index (χ2v) is 9.40. The summed E-state index contributed by atoms with van der Waals surface area (Å²) < 4.78 is 55.5. The van der Waals surface area contributed by atoms with Crippen LogP contribution in [0.2, 0.25) is 0 Å². The fraction of sp³-hybridized carbons (Fsp3) is 0.500. The zero-order valence-electron chi connectivity index (χ0n) is 19.4. The van der Waals surface area contributed by atoms with Crippen LogP contribution >= 0.6 is 0 Å². The van der Waals surface area contributed by atoms with E-state index >= 15 is 0 Å². The molecule has 0 saturated carbocycles. The lowest BCUT2D eigenvalue weighted by Crippen LogP contribution is -2.49. The maximum absolute atomic E-state index is 13.0. The van der Waals surface area contributed by atoms with E-state index in [1.54, 1.807) is 4.90 Å². The van der Waals surface area contributed by atoms with Crippen LogP contribution in [0, 0.1) is 5.92 Å². The van der Waals surface area contributed by atoms with Crippen LogP contribution in [0.5, 0.6) is 5.75 Å². The first-order chi connectivity index (χ1) is 16.2. The normalized spacial score (nSPS) is 18.6. The Bertz CT molecular complexity index is 961. The smallest absolute Gasteiger partial charge is 0.416 e. The summed E-state index contributed by atoms with van der Waals surface area (Å²) in [5.74, 6) is 0.785. The molecule has 0 unspecified atom stereocenters. The van der Waals surface area contributed by atoms with Gasteiger partial charge in [-0.2, -0.15) is 13.2 Å². The largest absolute Gasteiger partial charge is 0.490 e. The fourth-order valence-electron chi connectivity index (χ4n) is 4.14. The number of likely N-dealkylation sites (tertiary alicyclic amines) is 1. The third-order valence-electron chi connectivity index (χ3n) is 6.23. The van der Waals surface area contributed by atoms with Crippen LogP contribution in [0.1, 0.15) is 48.2 Å². The van der Waals surface area contributed by atoms with Gasteiger partial charge in [0.25, 0.3) is 5.91 Å². The second-order valence-electron chi connectivity index (χ2n) is 9.40. The number of hydrogen-bond donors (Lipinski definition) is 0. The van der Waals surface area contributed by atoms with Gasteiger partial charge in [0.15, 0.2) is 0 Å². The van der Waals surface area contributed by atoms with E-state index in [1.165, 1.54) is 12.1 Å². The predicted molar refractivity (Wildman–Crippen MR) is 121 cm³/mol. The zero-order valence-corrected chi connectivity index (χ0v) is 19.4. The fourth-order valence-corrected chi connectivity index (χ4v) is 4.14. The Hall–Kier alpha value is -2.58. The number of ether oxygens (including phenoxy) is 3. The molecule has 2 saturated heterocycles. The van der Waals surface area contributed by atoms with Crippen LogP contribution in [-0.2, 0) is 21.3 Å². The number of carbonyl (C=O) groups is 1. The summed E-state index contributed by atoms with van der Waals surface area (Å²) >= 11 is 0. The highest BCUT2D eigenvalue weighted by Crippen LogP contribution is 2.35. The summed E-state index contributed by atoms with van der Waals surface area (Å²) in [6.07, 6.45) is -3.27. The molecule has 2 fully saturated rings. The maximum Gasteiger partial charge on any atom is 0.416 e. The van der Waals surface area contributed by atoms with E-state index in [2.05, 4.69) is 13.8 Å². The van der Waals surface area contributed by atoms with Gasteiger partial charge in [-0.15, -0.1) is 0 Å². The Morgan fingerprint density at radius 1 is 1.06 bits per heavy atom. The van der Waals surface area contributed by atoms with Crippen LogP contribution in [0.25, 0.3) is 0 Å². The number of rotatable bonds is 7. The van der Waals surface area contributed by atoms with Crippen molar-refractivity contribution in [1.82, 2.24) is 4.90 Å². The molecule has 8 heteroatoms. The lowest BCUT2D eigenvalue weighted by Gasteiger charge is -2.42. The summed E-state index contributed by atoms with van der Waals surface area (Å²) in [7, 11) is 0. The molecule has 0 spiro atoms. The van der Waals surface area contributed by atoms with Gasteiger partial charge in [-0.3, -0.25) is 4.79 Å². The van der Waals surface area contributed by atoms with Gasteiger partial charge in [-0.1, -0.05) is 26.0 Å². The van der Waals surface area contributed by atoms with E-state index in [-0.39, 0.29) is 12.0 Å². The van der Waals surface area contributed by atoms with Gasteiger partial charge in [-0.05, 0) is 47.9 Å². The molecule has 184 valence electrons. The maximum atomic E-state index is 13.0. The summed E-state index contributed by atoms with van der Waals surface area (Å²) in [5.41, 5.74) is 0.498. The van der Waals surface area contributed by atoms with Crippen molar-refractivity contribution in [2.75, 3.05) is 32.9 Å². The second kappa shape index (κ2) is 9.96. The molecular formula is C26H30F3NO4. The topological polar surface area (TPSA) is 48.0 Å². The van der Waals surface area contributed by atoms with Crippen molar-refractivity contribution in [3.8, 4) is 5.75 Å². The van der Waals surface area contributed by atoms with Crippen molar-refractivity contribution in [1.29, 1.82) is 0 Å². The standard InChI is InChI=1S/C26H30F3NO4/c1-18(2)15-33-25(16-32-17-25)20-5-3-19(4-6-20)24(31)30-13-11-23(12-14-30)34-22-9-7-21(8-10-22)26(27,28)29/h3-10,18,23H,11-17H2,1-2H3. The number of halogens is 3. The number of hydrogen-bond acceptors (Lipinski definition) is 4. The molecule has 1 amide bonds. The first kappa shape index (κ1) is 24.5. The van der Waals surface area contributed by atoms with Crippen LogP contribution in [0.15, 0.2) is 48.5 Å². The summed E-state index contributed by atoms with van der Waals surface area (Å²) in [5, 5.41) is 0. The lowest BCUT2D eigenvalue weighted by molar-refractivity contribution is -0.220. The Balaban J connectivity index is 1.30. The highest BCUT2D eigenvalue weighted by atomic mass is 19.4. The number of piperidine rings is 1. The Kier molecular flexibility index (Phi) is 7.19. The van der Waals surface area contributed by atoms with Crippen LogP contribution < -0.4 is 4.74 Å². The average molecular weight is 478 g/mol. The number of amides is 1. The summed E-state index contributed by atoms with van der Waals surface area (Å²) in [6.45, 7) is 6.94. The van der Waals surface area contributed by atoms with Gasteiger partial charge in [0.05, 0.1) is 25.4 Å². The minimum absolute atomic E-state index is 0.0402. The highest BCUT2D eigenvalue weighted by molar-refractivity contribution is 5.94. The predicted octanol–water partition coefficient (Wildman–Crippen LogP) is 5.29. The monoisotopic (exact) mass is 477 g/mol. The number of carbonyl (C=O) groups excluding carboxylic acids is 1. The van der Waals surface area contributed by atoms with Gasteiger partial charge in [-0.25, -0.2) is 0 Å². The van der Waals surface area contributed by atoms with Gasteiger partial charge in [0.2, 0.25) is 0 Å². The number of benzene rings is 2. The van der Waals surface area contributed by atoms with Crippen molar-refractivity contribution in [3.05, 3.63) is 65.2 Å². The number of nitrogens with zero attached hydrogens (tertiary/aromatic N) is 1. The molecule has 4 rings (SSSR count).